The topological polar surface area (TPSA) is 66.5 Å². The number of nitrogens with zero attached hydrogens (tertiary/aromatic N) is 1. The van der Waals surface area contributed by atoms with E-state index in [0.717, 1.165) is 25.0 Å². The summed E-state index contributed by atoms with van der Waals surface area (Å²) >= 11 is 0. The number of halogens is 2. The third-order valence-corrected chi connectivity index (χ3v) is 5.70. The summed E-state index contributed by atoms with van der Waals surface area (Å²) in [7, 11) is -2.10. The number of carbonyl (C=O) groups excluding carboxylic acids is 1. The van der Waals surface area contributed by atoms with Gasteiger partial charge in [0.1, 0.15) is 0 Å². The van der Waals surface area contributed by atoms with E-state index in [2.05, 4.69) is 5.32 Å². The normalized spacial score (nSPS) is 11.6. The van der Waals surface area contributed by atoms with Gasteiger partial charge in [0.2, 0.25) is 10.0 Å². The van der Waals surface area contributed by atoms with Crippen LogP contribution in [0.25, 0.3) is 0 Å². The molecule has 0 bridgehead atoms. The monoisotopic (exact) mass is 382 g/mol. The molecule has 2 rings (SSSR count). The summed E-state index contributed by atoms with van der Waals surface area (Å²) in [5.74, 6) is -2.64. The molecule has 0 aromatic heterocycles. The maximum Gasteiger partial charge on any atom is 0.255 e. The van der Waals surface area contributed by atoms with Crippen molar-refractivity contribution in [3.05, 3.63) is 59.7 Å². The number of nitrogens with one attached hydrogen (secondary N) is 1. The fourth-order valence-electron chi connectivity index (χ4n) is 2.24. The zero-order chi connectivity index (χ0) is 19.3. The molecule has 0 fully saturated rings. The number of amides is 1. The van der Waals surface area contributed by atoms with Gasteiger partial charge in [-0.25, -0.2) is 21.5 Å². The highest BCUT2D eigenvalue weighted by atomic mass is 32.2. The second kappa shape index (κ2) is 8.37. The van der Waals surface area contributed by atoms with Crippen molar-refractivity contribution in [3.8, 4) is 0 Å². The Kier molecular flexibility index (Phi) is 6.44. The Morgan fingerprint density at radius 2 is 1.73 bits per heavy atom. The van der Waals surface area contributed by atoms with Gasteiger partial charge in [0.15, 0.2) is 11.6 Å². The van der Waals surface area contributed by atoms with Gasteiger partial charge in [-0.1, -0.05) is 13.3 Å². The third kappa shape index (κ3) is 4.64. The Hall–Kier alpha value is -2.32. The van der Waals surface area contributed by atoms with Crippen molar-refractivity contribution in [3.63, 3.8) is 0 Å². The Morgan fingerprint density at radius 3 is 2.31 bits per heavy atom. The van der Waals surface area contributed by atoms with Crippen molar-refractivity contribution in [1.82, 2.24) is 4.31 Å². The number of unbranched alkanes of at least 4 members (excludes halogenated alkanes) is 1. The van der Waals surface area contributed by atoms with Gasteiger partial charge in [0.05, 0.1) is 4.90 Å². The second-order valence-electron chi connectivity index (χ2n) is 5.79. The number of carbonyl (C=O) groups is 1. The summed E-state index contributed by atoms with van der Waals surface area (Å²) in [6, 6.07) is 8.45. The highest BCUT2D eigenvalue weighted by Gasteiger charge is 2.20. The van der Waals surface area contributed by atoms with Gasteiger partial charge in [-0.2, -0.15) is 0 Å². The SMILES string of the molecule is CCCCN(C)S(=O)(=O)c1ccc(C(=O)Nc2ccc(F)c(F)c2)cc1. The molecule has 1 amide bonds. The second-order valence-corrected chi connectivity index (χ2v) is 7.83. The van der Waals surface area contributed by atoms with Crippen LogP contribution in [0.5, 0.6) is 0 Å². The first-order valence-corrected chi connectivity index (χ1v) is 9.52. The molecule has 0 aliphatic carbocycles. The zero-order valence-electron chi connectivity index (χ0n) is 14.5. The van der Waals surface area contributed by atoms with E-state index < -0.39 is 27.6 Å². The average molecular weight is 382 g/mol. The van der Waals surface area contributed by atoms with Crippen molar-refractivity contribution in [2.75, 3.05) is 18.9 Å². The van der Waals surface area contributed by atoms with Gasteiger partial charge in [0.25, 0.3) is 5.91 Å². The molecular weight excluding hydrogens is 362 g/mol. The zero-order valence-corrected chi connectivity index (χ0v) is 15.3. The van der Waals surface area contributed by atoms with Crippen molar-refractivity contribution >= 4 is 21.6 Å². The van der Waals surface area contributed by atoms with Crippen molar-refractivity contribution in [2.45, 2.75) is 24.7 Å². The van der Waals surface area contributed by atoms with Crippen LogP contribution < -0.4 is 5.32 Å². The quantitative estimate of drug-likeness (QED) is 0.795. The van der Waals surface area contributed by atoms with Crippen molar-refractivity contribution in [2.24, 2.45) is 0 Å². The van der Waals surface area contributed by atoms with E-state index in [-0.39, 0.29) is 16.1 Å². The number of rotatable bonds is 7. The standard InChI is InChI=1S/C18H20F2N2O3S/c1-3-4-11-22(2)26(24,25)15-8-5-13(6-9-15)18(23)21-14-7-10-16(19)17(20)12-14/h5-10,12H,3-4,11H2,1-2H3,(H,21,23). The lowest BCUT2D eigenvalue weighted by atomic mass is 10.2. The number of benzene rings is 2. The fraction of sp³-hybridized carbons (Fsp3) is 0.278. The molecule has 5 nitrogen and oxygen atoms in total. The highest BCUT2D eigenvalue weighted by molar-refractivity contribution is 7.89. The summed E-state index contributed by atoms with van der Waals surface area (Å²) in [5.41, 5.74) is 0.301. The lowest BCUT2D eigenvalue weighted by molar-refractivity contribution is 0.102. The molecule has 2 aromatic carbocycles. The van der Waals surface area contributed by atoms with Gasteiger partial charge in [-0.15, -0.1) is 0 Å². The van der Waals surface area contributed by atoms with E-state index in [1.165, 1.54) is 41.7 Å². The van der Waals surface area contributed by atoms with Gasteiger partial charge in [-0.3, -0.25) is 4.79 Å². The van der Waals surface area contributed by atoms with Crippen LogP contribution in [-0.2, 0) is 10.0 Å². The molecule has 0 aliphatic heterocycles. The fourth-order valence-corrected chi connectivity index (χ4v) is 3.45. The van der Waals surface area contributed by atoms with Crippen LogP contribution >= 0.6 is 0 Å². The lowest BCUT2D eigenvalue weighted by Crippen LogP contribution is -2.28. The summed E-state index contributed by atoms with van der Waals surface area (Å²) in [4.78, 5) is 12.2. The number of hydrogen-bond acceptors (Lipinski definition) is 3. The van der Waals surface area contributed by atoms with Crippen LogP contribution in [0.2, 0.25) is 0 Å². The molecule has 0 saturated carbocycles. The smallest absolute Gasteiger partial charge is 0.255 e. The minimum atomic E-state index is -3.61. The Labute approximate surface area is 151 Å². The van der Waals surface area contributed by atoms with Crippen LogP contribution in [0.4, 0.5) is 14.5 Å². The lowest BCUT2D eigenvalue weighted by Gasteiger charge is -2.17. The van der Waals surface area contributed by atoms with Gasteiger partial charge in [-0.05, 0) is 42.8 Å². The Bertz CT molecular complexity index is 884. The van der Waals surface area contributed by atoms with Crippen molar-refractivity contribution < 1.29 is 22.0 Å². The largest absolute Gasteiger partial charge is 0.322 e. The van der Waals surface area contributed by atoms with E-state index in [1.54, 1.807) is 0 Å². The minimum absolute atomic E-state index is 0.0838. The third-order valence-electron chi connectivity index (χ3n) is 3.83. The first-order valence-electron chi connectivity index (χ1n) is 8.08. The molecule has 0 unspecified atom stereocenters. The molecular formula is C18H20F2N2O3S. The van der Waals surface area contributed by atoms with Gasteiger partial charge >= 0.3 is 0 Å². The van der Waals surface area contributed by atoms with E-state index in [4.69, 9.17) is 0 Å². The van der Waals surface area contributed by atoms with Crippen LogP contribution in [0.1, 0.15) is 30.1 Å². The van der Waals surface area contributed by atoms with Gasteiger partial charge < -0.3 is 5.32 Å². The number of anilines is 1. The highest BCUT2D eigenvalue weighted by Crippen LogP contribution is 2.18. The molecule has 0 aliphatic rings. The first kappa shape index (κ1) is 20.0. The molecule has 0 heterocycles. The molecule has 0 spiro atoms. The molecule has 26 heavy (non-hydrogen) atoms. The van der Waals surface area contributed by atoms with E-state index in [9.17, 15) is 22.0 Å². The van der Waals surface area contributed by atoms with Gasteiger partial charge in [0, 0.05) is 30.9 Å². The predicted molar refractivity (Wildman–Crippen MR) is 95.5 cm³/mol. The summed E-state index contributed by atoms with van der Waals surface area (Å²) in [6.45, 7) is 2.39. The predicted octanol–water partition coefficient (Wildman–Crippen LogP) is 3.64. The number of hydrogen-bond donors (Lipinski definition) is 1. The molecule has 1 N–H and O–H groups in total. The molecule has 0 saturated heterocycles. The van der Waals surface area contributed by atoms with E-state index in [1.807, 2.05) is 6.92 Å². The molecule has 8 heteroatoms. The van der Waals surface area contributed by atoms with Crippen LogP contribution in [0.15, 0.2) is 47.4 Å². The summed E-state index contributed by atoms with van der Waals surface area (Å²) in [5, 5.41) is 2.43. The molecule has 0 radical (unpaired) electrons. The Balaban J connectivity index is 2.13. The first-order chi connectivity index (χ1) is 12.3. The molecule has 2 aromatic rings. The Morgan fingerprint density at radius 1 is 1.08 bits per heavy atom. The van der Waals surface area contributed by atoms with E-state index >= 15 is 0 Å². The van der Waals surface area contributed by atoms with Crippen LogP contribution in [0.3, 0.4) is 0 Å². The summed E-state index contributed by atoms with van der Waals surface area (Å²) < 4.78 is 52.2. The summed E-state index contributed by atoms with van der Waals surface area (Å²) in [6.07, 6.45) is 1.63. The van der Waals surface area contributed by atoms with Crippen LogP contribution in [0, 0.1) is 11.6 Å². The van der Waals surface area contributed by atoms with E-state index in [0.29, 0.717) is 6.54 Å². The minimum Gasteiger partial charge on any atom is -0.322 e. The number of sulfonamides is 1. The van der Waals surface area contributed by atoms with Crippen LogP contribution in [-0.4, -0.2) is 32.2 Å². The molecule has 0 atom stereocenters. The maximum absolute atomic E-state index is 13.2. The molecule has 140 valence electrons. The average Bonchev–Trinajstić information content (AvgIpc) is 2.62. The van der Waals surface area contributed by atoms with Crippen molar-refractivity contribution in [1.29, 1.82) is 0 Å². The maximum atomic E-state index is 13.2.